The van der Waals surface area contributed by atoms with Crippen molar-refractivity contribution in [3.8, 4) is 5.75 Å². The van der Waals surface area contributed by atoms with Crippen LogP contribution in [0.15, 0.2) is 36.4 Å². The van der Waals surface area contributed by atoms with Crippen molar-refractivity contribution in [3.05, 3.63) is 52.5 Å². The second-order valence-electron chi connectivity index (χ2n) is 8.97. The Morgan fingerprint density at radius 2 is 1.76 bits per heavy atom. The van der Waals surface area contributed by atoms with Gasteiger partial charge in [0.15, 0.2) is 0 Å². The largest absolute Gasteiger partial charge is 0.490 e. The first-order valence-electron chi connectivity index (χ1n) is 11.9. The summed E-state index contributed by atoms with van der Waals surface area (Å²) in [6.07, 6.45) is 0.385. The fraction of sp³-hybridized carbons (Fsp3) is 0.462. The molecule has 1 fully saturated rings. The van der Waals surface area contributed by atoms with E-state index in [0.29, 0.717) is 19.7 Å². The highest BCUT2D eigenvalue weighted by Gasteiger charge is 2.24. The van der Waals surface area contributed by atoms with E-state index in [2.05, 4.69) is 28.1 Å². The van der Waals surface area contributed by atoms with Crippen LogP contribution in [-0.2, 0) is 9.59 Å². The quantitative estimate of drug-likeness (QED) is 0.652. The van der Waals surface area contributed by atoms with Crippen molar-refractivity contribution in [2.45, 2.75) is 26.7 Å². The predicted molar refractivity (Wildman–Crippen MR) is 136 cm³/mol. The second-order valence-corrected chi connectivity index (χ2v) is 9.41. The summed E-state index contributed by atoms with van der Waals surface area (Å²) in [5, 5.41) is 3.73. The highest BCUT2D eigenvalue weighted by Crippen LogP contribution is 2.32. The standard InChI is InChI=1S/C26H33ClN4O3/c1-19-3-6-24-23(17-19)31(15-16-34-24)26(33)8-7-25(32)28-9-10-29-11-13-30(14-12-29)22-18-21(27)5-4-20(22)2/h3-6,17-18H,7-16H2,1-2H3,(H,28,32). The van der Waals surface area contributed by atoms with Gasteiger partial charge in [-0.05, 0) is 49.2 Å². The van der Waals surface area contributed by atoms with Crippen LogP contribution in [0.5, 0.6) is 5.75 Å². The molecule has 0 radical (unpaired) electrons. The molecule has 0 spiro atoms. The molecular formula is C26H33ClN4O3. The molecule has 2 heterocycles. The molecule has 1 N–H and O–H groups in total. The van der Waals surface area contributed by atoms with Gasteiger partial charge in [-0.25, -0.2) is 0 Å². The maximum atomic E-state index is 12.8. The van der Waals surface area contributed by atoms with E-state index in [1.807, 2.05) is 37.3 Å². The zero-order valence-electron chi connectivity index (χ0n) is 20.0. The number of aryl methyl sites for hydroxylation is 2. The van der Waals surface area contributed by atoms with Gasteiger partial charge in [-0.1, -0.05) is 23.7 Å². The number of carbonyl (C=O) groups is 2. The SMILES string of the molecule is Cc1ccc2c(c1)N(C(=O)CCC(=O)NCCN1CCN(c3cc(Cl)ccc3C)CC1)CCO2. The minimum atomic E-state index is -0.0840. The summed E-state index contributed by atoms with van der Waals surface area (Å²) in [5.41, 5.74) is 4.30. The molecule has 2 aliphatic rings. The number of rotatable bonds is 7. The molecule has 34 heavy (non-hydrogen) atoms. The molecule has 0 aromatic heterocycles. The fourth-order valence-corrected chi connectivity index (χ4v) is 4.69. The molecule has 0 aliphatic carbocycles. The van der Waals surface area contributed by atoms with Gasteiger partial charge >= 0.3 is 0 Å². The number of hydrogen-bond acceptors (Lipinski definition) is 5. The average Bonchev–Trinajstić information content (AvgIpc) is 2.84. The third-order valence-corrected chi connectivity index (χ3v) is 6.71. The molecule has 2 aromatic carbocycles. The van der Waals surface area contributed by atoms with Crippen LogP contribution in [0.2, 0.25) is 5.02 Å². The van der Waals surface area contributed by atoms with Crippen molar-refractivity contribution in [2.24, 2.45) is 0 Å². The number of amides is 2. The van der Waals surface area contributed by atoms with E-state index >= 15 is 0 Å². The van der Waals surface area contributed by atoms with Gasteiger partial charge in [0, 0.05) is 62.8 Å². The van der Waals surface area contributed by atoms with Crippen molar-refractivity contribution in [2.75, 3.05) is 62.2 Å². The van der Waals surface area contributed by atoms with Crippen LogP contribution >= 0.6 is 11.6 Å². The van der Waals surface area contributed by atoms with E-state index in [1.165, 1.54) is 11.3 Å². The number of ether oxygens (including phenoxy) is 1. The number of nitrogens with zero attached hydrogens (tertiary/aromatic N) is 3. The van der Waals surface area contributed by atoms with E-state index in [-0.39, 0.29) is 24.7 Å². The molecule has 8 heteroatoms. The fourth-order valence-electron chi connectivity index (χ4n) is 4.52. The lowest BCUT2D eigenvalue weighted by atomic mass is 10.1. The van der Waals surface area contributed by atoms with Gasteiger partial charge in [0.05, 0.1) is 12.2 Å². The predicted octanol–water partition coefficient (Wildman–Crippen LogP) is 3.40. The summed E-state index contributed by atoms with van der Waals surface area (Å²) in [5.74, 6) is 0.595. The number of piperazine rings is 1. The number of fused-ring (bicyclic) bond motifs is 1. The van der Waals surface area contributed by atoms with E-state index in [4.69, 9.17) is 16.3 Å². The maximum Gasteiger partial charge on any atom is 0.227 e. The maximum absolute atomic E-state index is 12.8. The molecule has 1 saturated heterocycles. The van der Waals surface area contributed by atoms with E-state index in [0.717, 1.165) is 54.7 Å². The molecule has 0 saturated carbocycles. The van der Waals surface area contributed by atoms with Crippen LogP contribution in [0, 0.1) is 13.8 Å². The van der Waals surface area contributed by atoms with Crippen molar-refractivity contribution < 1.29 is 14.3 Å². The Morgan fingerprint density at radius 1 is 0.971 bits per heavy atom. The first-order valence-corrected chi connectivity index (χ1v) is 12.3. The van der Waals surface area contributed by atoms with Gasteiger partial charge < -0.3 is 19.9 Å². The summed E-state index contributed by atoms with van der Waals surface area (Å²) in [7, 11) is 0. The minimum absolute atomic E-state index is 0.0438. The molecule has 2 amide bonds. The van der Waals surface area contributed by atoms with Crippen LogP contribution < -0.4 is 19.9 Å². The van der Waals surface area contributed by atoms with Crippen LogP contribution in [0.3, 0.4) is 0 Å². The molecule has 0 atom stereocenters. The van der Waals surface area contributed by atoms with Crippen molar-refractivity contribution in [3.63, 3.8) is 0 Å². The molecular weight excluding hydrogens is 452 g/mol. The number of carbonyl (C=O) groups excluding carboxylic acids is 2. The Morgan fingerprint density at radius 3 is 2.56 bits per heavy atom. The molecule has 4 rings (SSSR count). The first-order chi connectivity index (χ1) is 16.4. The Kier molecular flexibility index (Phi) is 7.95. The van der Waals surface area contributed by atoms with Gasteiger partial charge in [0.25, 0.3) is 0 Å². The number of benzene rings is 2. The molecule has 2 aliphatic heterocycles. The van der Waals surface area contributed by atoms with Gasteiger partial charge in [-0.2, -0.15) is 0 Å². The summed E-state index contributed by atoms with van der Waals surface area (Å²) in [4.78, 5) is 31.6. The monoisotopic (exact) mass is 484 g/mol. The van der Waals surface area contributed by atoms with Gasteiger partial charge in [0.2, 0.25) is 11.8 Å². The lowest BCUT2D eigenvalue weighted by Gasteiger charge is -2.36. The molecule has 182 valence electrons. The van der Waals surface area contributed by atoms with Gasteiger partial charge in [0.1, 0.15) is 12.4 Å². The average molecular weight is 485 g/mol. The van der Waals surface area contributed by atoms with Crippen LogP contribution in [0.25, 0.3) is 0 Å². The highest BCUT2D eigenvalue weighted by atomic mass is 35.5. The zero-order chi connectivity index (χ0) is 24.1. The minimum Gasteiger partial charge on any atom is -0.490 e. The molecule has 0 unspecified atom stereocenters. The van der Waals surface area contributed by atoms with Crippen molar-refractivity contribution in [1.29, 1.82) is 0 Å². The summed E-state index contributed by atoms with van der Waals surface area (Å²) >= 11 is 6.17. The number of nitrogens with one attached hydrogen (secondary N) is 1. The van der Waals surface area contributed by atoms with Crippen LogP contribution in [0.4, 0.5) is 11.4 Å². The Labute approximate surface area is 206 Å². The topological polar surface area (TPSA) is 65.1 Å². The van der Waals surface area contributed by atoms with E-state index < -0.39 is 0 Å². The van der Waals surface area contributed by atoms with Gasteiger partial charge in [-0.15, -0.1) is 0 Å². The molecule has 0 bridgehead atoms. The summed E-state index contributed by atoms with van der Waals surface area (Å²) in [6, 6.07) is 11.8. The smallest absolute Gasteiger partial charge is 0.227 e. The first kappa shape index (κ1) is 24.4. The van der Waals surface area contributed by atoms with E-state index in [1.54, 1.807) is 4.90 Å². The van der Waals surface area contributed by atoms with Crippen molar-refractivity contribution in [1.82, 2.24) is 10.2 Å². The van der Waals surface area contributed by atoms with Gasteiger partial charge in [-0.3, -0.25) is 14.5 Å². The van der Waals surface area contributed by atoms with Crippen LogP contribution in [-0.4, -0.2) is 69.1 Å². The third-order valence-electron chi connectivity index (χ3n) is 6.48. The van der Waals surface area contributed by atoms with E-state index in [9.17, 15) is 9.59 Å². The Balaban J connectivity index is 1.16. The number of anilines is 2. The summed E-state index contributed by atoms with van der Waals surface area (Å²) in [6.45, 7) is 10.2. The zero-order valence-corrected chi connectivity index (χ0v) is 20.7. The molecule has 2 aromatic rings. The van der Waals surface area contributed by atoms with Crippen molar-refractivity contribution >= 4 is 34.8 Å². The number of hydrogen-bond donors (Lipinski definition) is 1. The Hall–Kier alpha value is -2.77. The highest BCUT2D eigenvalue weighted by molar-refractivity contribution is 6.30. The number of halogens is 1. The lowest BCUT2D eigenvalue weighted by Crippen LogP contribution is -2.48. The second kappa shape index (κ2) is 11.1. The van der Waals surface area contributed by atoms with Crippen LogP contribution in [0.1, 0.15) is 24.0 Å². The molecule has 7 nitrogen and oxygen atoms in total. The third kappa shape index (κ3) is 6.02. The lowest BCUT2D eigenvalue weighted by molar-refractivity contribution is -0.125. The normalized spacial score (nSPS) is 16.1. The summed E-state index contributed by atoms with van der Waals surface area (Å²) < 4.78 is 5.65. The Bertz CT molecular complexity index is 1040.